The molecule has 18 atom stereocenters. The van der Waals surface area contributed by atoms with E-state index in [9.17, 15) is 38.7 Å². The van der Waals surface area contributed by atoms with E-state index in [1.54, 1.807) is 0 Å². The Morgan fingerprint density at radius 2 is 1.18 bits per heavy atom. The van der Waals surface area contributed by atoms with Gasteiger partial charge in [-0.25, -0.2) is 4.68 Å². The number of aliphatic hydroxyl groups is 1. The summed E-state index contributed by atoms with van der Waals surface area (Å²) in [6.45, 7) is 23.0. The number of amides is 1. The van der Waals surface area contributed by atoms with Crippen LogP contribution >= 0.6 is 0 Å². The number of esters is 7. The zero-order chi connectivity index (χ0) is 60.2. The second-order valence-electron chi connectivity index (χ2n) is 26.3. The molecule has 23 nitrogen and oxygen atoms in total. The predicted octanol–water partition coefficient (Wildman–Crippen LogP) is 5.85. The van der Waals surface area contributed by atoms with Crippen molar-refractivity contribution in [3.8, 4) is 0 Å². The molecule has 0 radical (unpaired) electrons. The lowest BCUT2D eigenvalue weighted by atomic mass is 9.33. The summed E-state index contributed by atoms with van der Waals surface area (Å²) < 4.78 is 59.7. The molecule has 8 rings (SSSR count). The summed E-state index contributed by atoms with van der Waals surface area (Å²) in [4.78, 5) is 104. The Bertz CT molecular complexity index is 2670. The van der Waals surface area contributed by atoms with Crippen LogP contribution in [-0.2, 0) is 92.3 Å². The smallest absolute Gasteiger partial charge is 0.303 e. The third kappa shape index (κ3) is 11.9. The number of nitrogens with one attached hydrogen (secondary N) is 1. The van der Waals surface area contributed by atoms with Crippen LogP contribution < -0.4 is 5.32 Å². The van der Waals surface area contributed by atoms with Crippen molar-refractivity contribution in [3.63, 3.8) is 0 Å². The number of hydrogen-bond acceptors (Lipinski definition) is 21. The van der Waals surface area contributed by atoms with Gasteiger partial charge in [0.05, 0.1) is 24.3 Å². The van der Waals surface area contributed by atoms with E-state index in [-0.39, 0.29) is 51.5 Å². The van der Waals surface area contributed by atoms with Gasteiger partial charge in [0.2, 0.25) is 5.91 Å². The van der Waals surface area contributed by atoms with Crippen LogP contribution in [0.5, 0.6) is 0 Å². The van der Waals surface area contributed by atoms with Crippen LogP contribution in [0.3, 0.4) is 0 Å². The van der Waals surface area contributed by atoms with Crippen LogP contribution in [0.15, 0.2) is 17.8 Å². The number of aliphatic hydroxyl groups excluding tert-OH is 1. The van der Waals surface area contributed by atoms with Gasteiger partial charge in [0.25, 0.3) is 0 Å². The summed E-state index contributed by atoms with van der Waals surface area (Å²) in [7, 11) is 0. The Balaban J connectivity index is 1.08. The first-order valence-electron chi connectivity index (χ1n) is 28.9. The summed E-state index contributed by atoms with van der Waals surface area (Å²) in [5.41, 5.74) is 0.812. The maximum atomic E-state index is 15.2. The Kier molecular flexibility index (Phi) is 17.9. The SMILES string of the molecule is CC(=O)OC[C@H]1O[C@@H](n2cc(CNC(=O)[C@]34CCC(C)(C)C[C@H]3C3=CC[C@@H]5[C@@]6(C)CC[C@H](O)C(C)(C)[C@@H]6CC[C@@]5(C)[C@]3(C)CC4)nn2)[C@H](OC(C)=O)[C@@H](OC(C)=O)[C@@H]1O[C@@H]1O[C@H](COC(C)=O)[C@@H](OC(C)=O)[C@H](OC(C)=O)[C@H]1OC(C)=O. The normalized spacial score (nSPS) is 38.9. The fraction of sp³-hybridized carbons (Fsp3) is 0.797. The number of rotatable bonds is 15. The van der Waals surface area contributed by atoms with Gasteiger partial charge in [0.1, 0.15) is 37.2 Å². The van der Waals surface area contributed by atoms with Crippen molar-refractivity contribution in [3.05, 3.63) is 23.5 Å². The topological polar surface area (TPSA) is 292 Å². The zero-order valence-corrected chi connectivity index (χ0v) is 50.1. The van der Waals surface area contributed by atoms with E-state index in [0.29, 0.717) is 24.0 Å². The van der Waals surface area contributed by atoms with Gasteiger partial charge in [0.15, 0.2) is 43.0 Å². The lowest BCUT2D eigenvalue weighted by Gasteiger charge is -2.71. The lowest BCUT2D eigenvalue weighted by molar-refractivity contribution is -0.349. The van der Waals surface area contributed by atoms with Crippen molar-refractivity contribution >= 4 is 47.7 Å². The fourth-order valence-corrected chi connectivity index (χ4v) is 16.2. The first kappa shape index (κ1) is 62.5. The number of aromatic nitrogens is 3. The highest BCUT2D eigenvalue weighted by molar-refractivity contribution is 5.84. The average Bonchev–Trinajstić information content (AvgIpc) is 0.778. The molecule has 82 heavy (non-hydrogen) atoms. The van der Waals surface area contributed by atoms with Gasteiger partial charge in [0, 0.05) is 48.5 Å². The predicted molar refractivity (Wildman–Crippen MR) is 285 cm³/mol. The average molecular weight is 1160 g/mol. The minimum absolute atomic E-state index is 0.00213. The summed E-state index contributed by atoms with van der Waals surface area (Å²) >= 11 is 0. The molecule has 1 aromatic heterocycles. The molecule has 456 valence electrons. The van der Waals surface area contributed by atoms with Gasteiger partial charge in [-0.3, -0.25) is 38.4 Å². The highest BCUT2D eigenvalue weighted by Crippen LogP contribution is 2.76. The van der Waals surface area contributed by atoms with Gasteiger partial charge in [-0.2, -0.15) is 0 Å². The standard InChI is InChI=1S/C59H86N4O19/c1-30(64)73-28-40-46(82-52-50(79-36(7)70)48(77-34(5)68)45(75-32(3)66)41(81-52)29-74-31(2)65)47(76-33(4)67)49(78-35(6)69)51(80-40)63-27-37(61-62-63)26-60-53(72)59-23-21-54(8,9)25-39(59)38-15-16-43-56(12)19-18-44(71)55(10,11)42(56)17-20-58(43,14)57(38,13)22-24-59/h15,27,39-52,71H,16-26,28-29H2,1-14H3,(H,60,72)/t39-,40+,41+,42-,43+,44-,45+,46+,47-,48-,49+,50+,51+,52-,56-,57+,58+,59-/m0/s1. The molecule has 1 aromatic rings. The van der Waals surface area contributed by atoms with Crippen molar-refractivity contribution in [1.82, 2.24) is 20.3 Å². The van der Waals surface area contributed by atoms with Crippen molar-refractivity contribution in [2.75, 3.05) is 13.2 Å². The number of carbonyl (C=O) groups is 8. The highest BCUT2D eigenvalue weighted by Gasteiger charge is 2.69. The van der Waals surface area contributed by atoms with Gasteiger partial charge in [-0.05, 0) is 109 Å². The number of ether oxygens (including phenoxy) is 10. The van der Waals surface area contributed by atoms with E-state index < -0.39 is 122 Å². The molecule has 0 aromatic carbocycles. The molecule has 3 heterocycles. The summed E-state index contributed by atoms with van der Waals surface area (Å²) in [5.74, 6) is -5.19. The molecule has 0 unspecified atom stereocenters. The van der Waals surface area contributed by atoms with E-state index in [4.69, 9.17) is 47.4 Å². The van der Waals surface area contributed by atoms with E-state index in [1.165, 1.54) is 16.5 Å². The molecule has 0 bridgehead atoms. The van der Waals surface area contributed by atoms with Gasteiger partial charge in [-0.1, -0.05) is 65.3 Å². The molecule has 23 heteroatoms. The Morgan fingerprint density at radius 3 is 1.78 bits per heavy atom. The molecule has 7 aliphatic rings. The van der Waals surface area contributed by atoms with E-state index >= 15 is 4.79 Å². The third-order valence-corrected chi connectivity index (χ3v) is 20.2. The van der Waals surface area contributed by atoms with Crippen LogP contribution in [0.2, 0.25) is 0 Å². The molecular formula is C59H86N4O19. The lowest BCUT2D eigenvalue weighted by Crippen LogP contribution is -2.66. The molecule has 6 fully saturated rings. The molecule has 0 spiro atoms. The molecular weight excluding hydrogens is 1070 g/mol. The number of carbonyl (C=O) groups excluding carboxylic acids is 8. The first-order chi connectivity index (χ1) is 38.3. The minimum atomic E-state index is -1.85. The quantitative estimate of drug-likeness (QED) is 0.118. The Morgan fingerprint density at radius 1 is 0.634 bits per heavy atom. The highest BCUT2D eigenvalue weighted by atomic mass is 16.8. The molecule has 1 amide bonds. The van der Waals surface area contributed by atoms with Crippen LogP contribution in [0.1, 0.15) is 173 Å². The van der Waals surface area contributed by atoms with Gasteiger partial charge in [-0.15, -0.1) is 5.10 Å². The largest absolute Gasteiger partial charge is 0.463 e. The van der Waals surface area contributed by atoms with Gasteiger partial charge >= 0.3 is 41.8 Å². The maximum Gasteiger partial charge on any atom is 0.303 e. The van der Waals surface area contributed by atoms with Crippen molar-refractivity contribution in [1.29, 1.82) is 0 Å². The first-order valence-corrected chi connectivity index (χ1v) is 28.9. The monoisotopic (exact) mass is 1150 g/mol. The molecule has 5 aliphatic carbocycles. The second kappa shape index (κ2) is 23.5. The second-order valence-corrected chi connectivity index (χ2v) is 26.3. The van der Waals surface area contributed by atoms with E-state index in [2.05, 4.69) is 70.2 Å². The summed E-state index contributed by atoms with van der Waals surface area (Å²) in [5, 5.41) is 23.3. The Labute approximate surface area is 479 Å². The molecule has 2 aliphatic heterocycles. The fourth-order valence-electron chi connectivity index (χ4n) is 16.2. The van der Waals surface area contributed by atoms with Crippen LogP contribution in [0.4, 0.5) is 0 Å². The Hall–Kier alpha value is -5.52. The van der Waals surface area contributed by atoms with Crippen molar-refractivity contribution < 1.29 is 90.8 Å². The van der Waals surface area contributed by atoms with Crippen LogP contribution in [-0.4, -0.2) is 142 Å². The van der Waals surface area contributed by atoms with Crippen molar-refractivity contribution in [2.45, 2.75) is 235 Å². The number of fused-ring (bicyclic) bond motifs is 7. The van der Waals surface area contributed by atoms with Crippen LogP contribution in [0.25, 0.3) is 0 Å². The minimum Gasteiger partial charge on any atom is -0.463 e. The maximum absolute atomic E-state index is 15.2. The van der Waals surface area contributed by atoms with Gasteiger partial charge < -0.3 is 57.8 Å². The van der Waals surface area contributed by atoms with Crippen molar-refractivity contribution in [2.24, 2.45) is 50.2 Å². The number of allylic oxidation sites excluding steroid dienone is 2. The third-order valence-electron chi connectivity index (χ3n) is 20.2. The van der Waals surface area contributed by atoms with E-state index in [0.717, 1.165) is 106 Å². The van der Waals surface area contributed by atoms with E-state index in [1.807, 2.05) is 0 Å². The number of nitrogens with zero attached hydrogens (tertiary/aromatic N) is 3. The number of hydrogen-bond donors (Lipinski definition) is 2. The zero-order valence-electron chi connectivity index (χ0n) is 50.1. The summed E-state index contributed by atoms with van der Waals surface area (Å²) in [6, 6.07) is 0. The molecule has 2 N–H and O–H groups in total. The molecule has 2 saturated heterocycles. The van der Waals surface area contributed by atoms with Crippen LogP contribution in [0, 0.1) is 50.2 Å². The molecule has 4 saturated carbocycles. The summed E-state index contributed by atoms with van der Waals surface area (Å²) in [6.07, 6.45) is -3.53.